The highest BCUT2D eigenvalue weighted by Crippen LogP contribution is 2.39. The summed E-state index contributed by atoms with van der Waals surface area (Å²) in [6, 6.07) is 0. The fourth-order valence-corrected chi connectivity index (χ4v) is 1.76. The molecule has 0 aromatic carbocycles. The maximum absolute atomic E-state index is 5.54. The molecule has 64 valence electrons. The van der Waals surface area contributed by atoms with Crippen LogP contribution in [0.1, 0.15) is 27.2 Å². The molecule has 2 rings (SSSR count). The minimum Gasteiger partial charge on any atom is -0.372 e. The standard InChI is InChI=1S/C9H17NO/c1-8(2,3)10-6-9(7-10)4-5-11-9/h4-7H2,1-3H3. The molecule has 1 spiro atoms. The first kappa shape index (κ1) is 7.56. The number of hydrogen-bond acceptors (Lipinski definition) is 2. The molecular formula is C9H17NO. The molecule has 11 heavy (non-hydrogen) atoms. The number of ether oxygens (including phenoxy) is 1. The van der Waals surface area contributed by atoms with E-state index in [1.54, 1.807) is 0 Å². The summed E-state index contributed by atoms with van der Waals surface area (Å²) >= 11 is 0. The van der Waals surface area contributed by atoms with E-state index in [1.807, 2.05) is 0 Å². The van der Waals surface area contributed by atoms with Gasteiger partial charge in [0.2, 0.25) is 0 Å². The molecular weight excluding hydrogens is 138 g/mol. The lowest BCUT2D eigenvalue weighted by molar-refractivity contribution is -0.237. The van der Waals surface area contributed by atoms with E-state index in [-0.39, 0.29) is 0 Å². The van der Waals surface area contributed by atoms with Crippen molar-refractivity contribution < 1.29 is 4.74 Å². The minimum atomic E-state index is 0.299. The van der Waals surface area contributed by atoms with E-state index >= 15 is 0 Å². The Morgan fingerprint density at radius 2 is 1.82 bits per heavy atom. The van der Waals surface area contributed by atoms with Crippen LogP contribution in [0, 0.1) is 0 Å². The van der Waals surface area contributed by atoms with Crippen LogP contribution < -0.4 is 0 Å². The highest BCUT2D eigenvalue weighted by atomic mass is 16.5. The normalized spacial score (nSPS) is 29.7. The van der Waals surface area contributed by atoms with Crippen molar-refractivity contribution in [2.45, 2.75) is 38.3 Å². The van der Waals surface area contributed by atoms with Crippen LogP contribution in [0.2, 0.25) is 0 Å². The number of hydrogen-bond donors (Lipinski definition) is 0. The molecule has 2 heterocycles. The predicted molar refractivity (Wildman–Crippen MR) is 44.6 cm³/mol. The van der Waals surface area contributed by atoms with Gasteiger partial charge >= 0.3 is 0 Å². The summed E-state index contributed by atoms with van der Waals surface area (Å²) in [5, 5.41) is 0. The zero-order valence-electron chi connectivity index (χ0n) is 7.68. The molecule has 0 radical (unpaired) electrons. The summed E-state index contributed by atoms with van der Waals surface area (Å²) in [5.74, 6) is 0. The summed E-state index contributed by atoms with van der Waals surface area (Å²) in [6.07, 6.45) is 1.28. The van der Waals surface area contributed by atoms with Crippen molar-refractivity contribution >= 4 is 0 Å². The van der Waals surface area contributed by atoms with Crippen LogP contribution >= 0.6 is 0 Å². The van der Waals surface area contributed by atoms with E-state index in [9.17, 15) is 0 Å². The van der Waals surface area contributed by atoms with Gasteiger partial charge in [-0.3, -0.25) is 4.90 Å². The van der Waals surface area contributed by atoms with Crippen LogP contribution in [-0.4, -0.2) is 35.7 Å². The van der Waals surface area contributed by atoms with E-state index in [0.29, 0.717) is 11.1 Å². The average Bonchev–Trinajstić information content (AvgIpc) is 1.49. The van der Waals surface area contributed by atoms with Crippen molar-refractivity contribution in [3.05, 3.63) is 0 Å². The molecule has 2 aliphatic heterocycles. The Balaban J connectivity index is 1.88. The smallest absolute Gasteiger partial charge is 0.0957 e. The lowest BCUT2D eigenvalue weighted by atomic mass is 9.83. The van der Waals surface area contributed by atoms with Gasteiger partial charge in [0.15, 0.2) is 0 Å². The average molecular weight is 155 g/mol. The third-order valence-corrected chi connectivity index (χ3v) is 2.87. The van der Waals surface area contributed by atoms with Crippen molar-refractivity contribution in [1.29, 1.82) is 0 Å². The molecule has 0 bridgehead atoms. The van der Waals surface area contributed by atoms with Crippen LogP contribution in [0.5, 0.6) is 0 Å². The van der Waals surface area contributed by atoms with Gasteiger partial charge in [0.05, 0.1) is 12.2 Å². The minimum absolute atomic E-state index is 0.299. The Morgan fingerprint density at radius 1 is 1.27 bits per heavy atom. The van der Waals surface area contributed by atoms with Crippen LogP contribution in [0.3, 0.4) is 0 Å². The molecule has 0 aromatic heterocycles. The number of nitrogens with zero attached hydrogens (tertiary/aromatic N) is 1. The lowest BCUT2D eigenvalue weighted by Crippen LogP contribution is -2.71. The second kappa shape index (κ2) is 1.99. The van der Waals surface area contributed by atoms with Gasteiger partial charge in [-0.1, -0.05) is 0 Å². The van der Waals surface area contributed by atoms with Crippen molar-refractivity contribution in [3.8, 4) is 0 Å². The summed E-state index contributed by atoms with van der Waals surface area (Å²) in [6.45, 7) is 10.1. The van der Waals surface area contributed by atoms with Gasteiger partial charge in [-0.2, -0.15) is 0 Å². The quantitative estimate of drug-likeness (QED) is 0.522. The Morgan fingerprint density at radius 3 is 2.09 bits per heavy atom. The van der Waals surface area contributed by atoms with Gasteiger partial charge < -0.3 is 4.74 Å². The third kappa shape index (κ3) is 1.09. The van der Waals surface area contributed by atoms with Gasteiger partial charge in [0.25, 0.3) is 0 Å². The fourth-order valence-electron chi connectivity index (χ4n) is 1.76. The van der Waals surface area contributed by atoms with E-state index < -0.39 is 0 Å². The van der Waals surface area contributed by atoms with E-state index in [0.717, 1.165) is 19.7 Å². The van der Waals surface area contributed by atoms with E-state index in [2.05, 4.69) is 25.7 Å². The number of rotatable bonds is 0. The maximum Gasteiger partial charge on any atom is 0.0957 e. The Kier molecular flexibility index (Phi) is 1.37. The Bertz CT molecular complexity index is 159. The molecule has 0 aliphatic carbocycles. The summed E-state index contributed by atoms with van der Waals surface area (Å²) in [7, 11) is 0. The predicted octanol–water partition coefficient (Wildman–Crippen LogP) is 1.26. The zero-order valence-corrected chi connectivity index (χ0v) is 7.68. The molecule has 0 N–H and O–H groups in total. The maximum atomic E-state index is 5.54. The first-order valence-electron chi connectivity index (χ1n) is 4.41. The van der Waals surface area contributed by atoms with Crippen LogP contribution in [-0.2, 0) is 4.74 Å². The van der Waals surface area contributed by atoms with Gasteiger partial charge in [0, 0.05) is 25.0 Å². The molecule has 2 fully saturated rings. The molecule has 2 aliphatic rings. The molecule has 2 heteroatoms. The SMILES string of the molecule is CC(C)(C)N1CC2(CCO2)C1. The summed E-state index contributed by atoms with van der Waals surface area (Å²) < 4.78 is 5.54. The van der Waals surface area contributed by atoms with Crippen molar-refractivity contribution in [3.63, 3.8) is 0 Å². The highest BCUT2D eigenvalue weighted by molar-refractivity contribution is 5.05. The first-order chi connectivity index (χ1) is 5.02. The molecule has 0 aromatic rings. The molecule has 2 saturated heterocycles. The Hall–Kier alpha value is -0.0800. The van der Waals surface area contributed by atoms with Crippen molar-refractivity contribution in [2.75, 3.05) is 19.7 Å². The first-order valence-corrected chi connectivity index (χ1v) is 4.41. The van der Waals surface area contributed by atoms with Gasteiger partial charge in [-0.25, -0.2) is 0 Å². The van der Waals surface area contributed by atoms with Crippen LogP contribution in [0.4, 0.5) is 0 Å². The second-order valence-corrected chi connectivity index (χ2v) is 4.81. The van der Waals surface area contributed by atoms with Crippen LogP contribution in [0.15, 0.2) is 0 Å². The Labute approximate surface area is 68.5 Å². The highest BCUT2D eigenvalue weighted by Gasteiger charge is 2.51. The summed E-state index contributed by atoms with van der Waals surface area (Å²) in [5.41, 5.74) is 0.636. The molecule has 0 atom stereocenters. The molecule has 0 saturated carbocycles. The van der Waals surface area contributed by atoms with Crippen LogP contribution in [0.25, 0.3) is 0 Å². The van der Waals surface area contributed by atoms with E-state index in [1.165, 1.54) is 6.42 Å². The second-order valence-electron chi connectivity index (χ2n) is 4.81. The fraction of sp³-hybridized carbons (Fsp3) is 1.00. The molecule has 0 unspecified atom stereocenters. The van der Waals surface area contributed by atoms with E-state index in [4.69, 9.17) is 4.74 Å². The molecule has 2 nitrogen and oxygen atoms in total. The van der Waals surface area contributed by atoms with Crippen molar-refractivity contribution in [1.82, 2.24) is 4.90 Å². The van der Waals surface area contributed by atoms with Gasteiger partial charge in [-0.15, -0.1) is 0 Å². The largest absolute Gasteiger partial charge is 0.372 e. The lowest BCUT2D eigenvalue weighted by Gasteiger charge is -2.59. The molecule has 0 amide bonds. The monoisotopic (exact) mass is 155 g/mol. The zero-order chi connectivity index (χ0) is 8.11. The summed E-state index contributed by atoms with van der Waals surface area (Å²) in [4.78, 5) is 2.48. The third-order valence-electron chi connectivity index (χ3n) is 2.87. The van der Waals surface area contributed by atoms with Gasteiger partial charge in [-0.05, 0) is 20.8 Å². The van der Waals surface area contributed by atoms with Gasteiger partial charge in [0.1, 0.15) is 0 Å². The number of likely N-dealkylation sites (tertiary alicyclic amines) is 1. The van der Waals surface area contributed by atoms with Crippen molar-refractivity contribution in [2.24, 2.45) is 0 Å². The topological polar surface area (TPSA) is 12.5 Å².